The molecule has 0 spiro atoms. The summed E-state index contributed by atoms with van der Waals surface area (Å²) in [7, 11) is 0. The molecule has 0 N–H and O–H groups in total. The molecule has 0 radical (unpaired) electrons. The molecule has 0 aromatic carbocycles. The largest absolute Gasteiger partial charge is 0.462 e. The van der Waals surface area contributed by atoms with E-state index < -0.39 is 6.10 Å². The molecule has 0 rings (SSSR count). The monoisotopic (exact) mass is 1080 g/mol. The Morgan fingerprint density at radius 2 is 0.468 bits per heavy atom. The number of unbranched alkanes of at least 4 members (excludes halogenated alkanes) is 41. The number of ether oxygens (including phenoxy) is 3. The Bertz CT molecular complexity index is 1380. The Balaban J connectivity index is 4.35. The molecular formula is C71H128O6. The van der Waals surface area contributed by atoms with Crippen LogP contribution in [0.2, 0.25) is 0 Å². The van der Waals surface area contributed by atoms with Crippen LogP contribution in [0.3, 0.4) is 0 Å². The van der Waals surface area contributed by atoms with Crippen molar-refractivity contribution in [1.82, 2.24) is 0 Å². The predicted octanol–water partition coefficient (Wildman–Crippen LogP) is 23.1. The third-order valence-electron chi connectivity index (χ3n) is 15.0. The first-order valence-electron chi connectivity index (χ1n) is 33.8. The Labute approximate surface area is 479 Å². The summed E-state index contributed by atoms with van der Waals surface area (Å²) in [5.74, 6) is -0.875. The van der Waals surface area contributed by atoms with Crippen molar-refractivity contribution in [2.45, 2.75) is 361 Å². The van der Waals surface area contributed by atoms with Gasteiger partial charge in [-0.1, -0.05) is 287 Å². The Morgan fingerprint density at radius 3 is 0.740 bits per heavy atom. The zero-order chi connectivity index (χ0) is 55.7. The zero-order valence-corrected chi connectivity index (χ0v) is 51.5. The highest BCUT2D eigenvalue weighted by Gasteiger charge is 2.19. The summed E-state index contributed by atoms with van der Waals surface area (Å²) in [4.78, 5) is 38.4. The first-order chi connectivity index (χ1) is 38.0. The fraction of sp³-hybridized carbons (Fsp3) is 0.817. The van der Waals surface area contributed by atoms with E-state index in [1.807, 2.05) is 0 Å². The normalized spacial score (nSPS) is 12.4. The average molecular weight is 1080 g/mol. The highest BCUT2D eigenvalue weighted by molar-refractivity contribution is 5.71. The summed E-state index contributed by atoms with van der Waals surface area (Å²) in [5.41, 5.74) is 0. The van der Waals surface area contributed by atoms with Crippen LogP contribution in [0, 0.1) is 0 Å². The topological polar surface area (TPSA) is 78.9 Å². The van der Waals surface area contributed by atoms with Crippen LogP contribution in [0.1, 0.15) is 355 Å². The molecule has 0 amide bonds. The molecule has 0 heterocycles. The van der Waals surface area contributed by atoms with Gasteiger partial charge >= 0.3 is 17.9 Å². The molecule has 0 saturated carbocycles. The van der Waals surface area contributed by atoms with Crippen molar-refractivity contribution >= 4 is 17.9 Å². The van der Waals surface area contributed by atoms with E-state index in [1.165, 1.54) is 231 Å². The van der Waals surface area contributed by atoms with Gasteiger partial charge in [0.25, 0.3) is 0 Å². The molecular weight excluding hydrogens is 949 g/mol. The van der Waals surface area contributed by atoms with E-state index in [2.05, 4.69) is 81.5 Å². The first-order valence-corrected chi connectivity index (χ1v) is 33.8. The van der Waals surface area contributed by atoms with E-state index >= 15 is 0 Å². The second kappa shape index (κ2) is 65.6. The van der Waals surface area contributed by atoms with Gasteiger partial charge in [-0.25, -0.2) is 0 Å². The number of carbonyl (C=O) groups excluding carboxylic acids is 3. The molecule has 0 fully saturated rings. The maximum absolute atomic E-state index is 12.9. The van der Waals surface area contributed by atoms with Gasteiger partial charge in [0.1, 0.15) is 13.2 Å². The van der Waals surface area contributed by atoms with E-state index in [-0.39, 0.29) is 31.1 Å². The number of hydrogen-bond donors (Lipinski definition) is 0. The van der Waals surface area contributed by atoms with Gasteiger partial charge < -0.3 is 14.2 Å². The van der Waals surface area contributed by atoms with E-state index in [1.54, 1.807) is 0 Å². The Hall–Kier alpha value is -2.89. The highest BCUT2D eigenvalue weighted by atomic mass is 16.6. The van der Waals surface area contributed by atoms with Crippen LogP contribution in [0.5, 0.6) is 0 Å². The van der Waals surface area contributed by atoms with Crippen molar-refractivity contribution < 1.29 is 28.6 Å². The van der Waals surface area contributed by atoms with Crippen LogP contribution in [-0.4, -0.2) is 37.2 Å². The summed E-state index contributed by atoms with van der Waals surface area (Å²) in [5, 5.41) is 0. The molecule has 1 unspecified atom stereocenters. The fourth-order valence-electron chi connectivity index (χ4n) is 9.85. The quantitative estimate of drug-likeness (QED) is 0.0261. The zero-order valence-electron chi connectivity index (χ0n) is 51.5. The van der Waals surface area contributed by atoms with E-state index in [0.717, 1.165) is 83.5 Å². The van der Waals surface area contributed by atoms with Crippen molar-refractivity contribution in [2.75, 3.05) is 13.2 Å². The summed E-state index contributed by atoms with van der Waals surface area (Å²) in [6.45, 7) is 6.65. The molecule has 0 aliphatic heterocycles. The summed E-state index contributed by atoms with van der Waals surface area (Å²) in [6, 6.07) is 0. The minimum absolute atomic E-state index is 0.0784. The van der Waals surface area contributed by atoms with E-state index in [9.17, 15) is 14.4 Å². The minimum Gasteiger partial charge on any atom is -0.462 e. The van der Waals surface area contributed by atoms with Crippen LogP contribution < -0.4 is 0 Å². The molecule has 0 aliphatic carbocycles. The van der Waals surface area contributed by atoms with Crippen LogP contribution in [-0.2, 0) is 28.6 Å². The first kappa shape index (κ1) is 74.1. The van der Waals surface area contributed by atoms with Gasteiger partial charge in [0.05, 0.1) is 0 Å². The predicted molar refractivity (Wildman–Crippen MR) is 335 cm³/mol. The van der Waals surface area contributed by atoms with Gasteiger partial charge in [-0.05, 0) is 109 Å². The summed E-state index contributed by atoms with van der Waals surface area (Å²) < 4.78 is 17.0. The maximum Gasteiger partial charge on any atom is 0.306 e. The number of carbonyl (C=O) groups is 3. The standard InChI is InChI=1S/C71H128O6/c1-4-7-10-13-16-19-22-25-28-31-34-35-36-37-38-41-43-46-49-52-55-58-61-64-70(73)76-67-68(77-71(74)65-62-59-56-53-50-47-44-40-33-30-27-24-21-18-15-12-9-6-3)66-75-69(72)63-60-57-54-51-48-45-42-39-32-29-26-23-20-17-14-11-8-5-2/h20-21,23-24,29-34,68H,4-19,22,25-28,35-67H2,1-3H3/b23-20-,24-21-,32-29-,33-30-,34-31-. The Morgan fingerprint density at radius 1 is 0.260 bits per heavy atom. The molecule has 1 atom stereocenters. The smallest absolute Gasteiger partial charge is 0.306 e. The third kappa shape index (κ3) is 63.8. The molecule has 0 saturated heterocycles. The van der Waals surface area contributed by atoms with Crippen molar-refractivity contribution in [2.24, 2.45) is 0 Å². The van der Waals surface area contributed by atoms with Gasteiger partial charge in [0, 0.05) is 19.3 Å². The van der Waals surface area contributed by atoms with Crippen LogP contribution in [0.15, 0.2) is 60.8 Å². The van der Waals surface area contributed by atoms with Crippen molar-refractivity contribution in [3.8, 4) is 0 Å². The molecule has 448 valence electrons. The molecule has 77 heavy (non-hydrogen) atoms. The summed E-state index contributed by atoms with van der Waals surface area (Å²) in [6.07, 6.45) is 83.7. The van der Waals surface area contributed by atoms with E-state index in [4.69, 9.17) is 14.2 Å². The van der Waals surface area contributed by atoms with Gasteiger partial charge in [0.15, 0.2) is 6.10 Å². The SMILES string of the molecule is CCCCCC/C=C\C/C=C\CCCCCCCCCC(=O)OCC(COC(=O)CCCCCCCCCCCCC/C=C\CCCCCCCCCC)OC(=O)CCCCCCCCC/C=C\C/C=C\CCCCCC. The molecule has 6 nitrogen and oxygen atoms in total. The summed E-state index contributed by atoms with van der Waals surface area (Å²) >= 11 is 0. The van der Waals surface area contributed by atoms with Crippen molar-refractivity contribution in [3.63, 3.8) is 0 Å². The van der Waals surface area contributed by atoms with Crippen LogP contribution >= 0.6 is 0 Å². The maximum atomic E-state index is 12.9. The number of esters is 3. The molecule has 6 heteroatoms. The molecule has 0 aromatic heterocycles. The molecule has 0 bridgehead atoms. The Kier molecular flexibility index (Phi) is 63.2. The second-order valence-corrected chi connectivity index (χ2v) is 22.7. The number of hydrogen-bond acceptors (Lipinski definition) is 6. The molecule has 0 aromatic rings. The van der Waals surface area contributed by atoms with E-state index in [0.29, 0.717) is 19.3 Å². The second-order valence-electron chi connectivity index (χ2n) is 22.7. The van der Waals surface area contributed by atoms with Gasteiger partial charge in [-0.2, -0.15) is 0 Å². The van der Waals surface area contributed by atoms with Crippen LogP contribution in [0.25, 0.3) is 0 Å². The number of allylic oxidation sites excluding steroid dienone is 10. The van der Waals surface area contributed by atoms with Gasteiger partial charge in [-0.15, -0.1) is 0 Å². The lowest BCUT2D eigenvalue weighted by molar-refractivity contribution is -0.167. The van der Waals surface area contributed by atoms with Gasteiger partial charge in [0.2, 0.25) is 0 Å². The average Bonchev–Trinajstić information content (AvgIpc) is 3.43. The van der Waals surface area contributed by atoms with Crippen molar-refractivity contribution in [3.05, 3.63) is 60.8 Å². The minimum atomic E-state index is -0.783. The molecule has 0 aliphatic rings. The highest BCUT2D eigenvalue weighted by Crippen LogP contribution is 2.17. The number of rotatable bonds is 62. The van der Waals surface area contributed by atoms with Crippen molar-refractivity contribution in [1.29, 1.82) is 0 Å². The van der Waals surface area contributed by atoms with Gasteiger partial charge in [-0.3, -0.25) is 14.4 Å². The lowest BCUT2D eigenvalue weighted by atomic mass is 10.0. The lowest BCUT2D eigenvalue weighted by Gasteiger charge is -2.18. The third-order valence-corrected chi connectivity index (χ3v) is 15.0. The fourth-order valence-corrected chi connectivity index (χ4v) is 9.85. The lowest BCUT2D eigenvalue weighted by Crippen LogP contribution is -2.30. The van der Waals surface area contributed by atoms with Crippen LogP contribution in [0.4, 0.5) is 0 Å².